The molecule has 0 aliphatic rings. The fourth-order valence-corrected chi connectivity index (χ4v) is 3.12. The van der Waals surface area contributed by atoms with Gasteiger partial charge in [-0.2, -0.15) is 0 Å². The van der Waals surface area contributed by atoms with Gasteiger partial charge in [0, 0.05) is 12.1 Å². The lowest BCUT2D eigenvalue weighted by Crippen LogP contribution is -2.12. The van der Waals surface area contributed by atoms with Crippen LogP contribution in [0.1, 0.15) is 95.1 Å². The quantitative estimate of drug-likeness (QED) is 0.389. The van der Waals surface area contributed by atoms with Gasteiger partial charge in [0.15, 0.2) is 0 Å². The van der Waals surface area contributed by atoms with Gasteiger partial charge in [0.2, 0.25) is 5.91 Å². The molecule has 0 atom stereocenters. The van der Waals surface area contributed by atoms with Crippen molar-refractivity contribution >= 4 is 11.6 Å². The minimum Gasteiger partial charge on any atom is -0.326 e. The maximum absolute atomic E-state index is 12.0. The lowest BCUT2D eigenvalue weighted by molar-refractivity contribution is -0.116. The first-order chi connectivity index (χ1) is 11.6. The summed E-state index contributed by atoms with van der Waals surface area (Å²) >= 11 is 0. The van der Waals surface area contributed by atoms with Crippen LogP contribution in [0.4, 0.5) is 5.69 Å². The zero-order valence-corrected chi connectivity index (χ0v) is 16.1. The Kier molecular flexibility index (Phi) is 11.3. The first-order valence-corrected chi connectivity index (χ1v) is 10.0. The summed E-state index contributed by atoms with van der Waals surface area (Å²) < 4.78 is 0. The summed E-state index contributed by atoms with van der Waals surface area (Å²) in [6.45, 7) is 6.39. The minimum absolute atomic E-state index is 0.151. The zero-order chi connectivity index (χ0) is 17.6. The number of unbranched alkanes of at least 4 members (excludes halogenated alkanes) is 10. The highest BCUT2D eigenvalue weighted by molar-refractivity contribution is 5.91. The molecule has 0 spiro atoms. The number of nitrogens with one attached hydrogen (secondary N) is 1. The predicted molar refractivity (Wildman–Crippen MR) is 106 cm³/mol. The SMILES string of the molecule is CCCCCCCCCCCCCC(=O)Nc1ccc(C)cc1C. The van der Waals surface area contributed by atoms with E-state index in [1.807, 2.05) is 19.1 Å². The monoisotopic (exact) mass is 331 g/mol. The molecular weight excluding hydrogens is 294 g/mol. The second-order valence-electron chi connectivity index (χ2n) is 7.15. The third-order valence-corrected chi connectivity index (χ3v) is 4.66. The van der Waals surface area contributed by atoms with Gasteiger partial charge >= 0.3 is 0 Å². The number of hydrogen-bond acceptors (Lipinski definition) is 1. The molecule has 0 saturated carbocycles. The average Bonchev–Trinajstić information content (AvgIpc) is 2.55. The van der Waals surface area contributed by atoms with Gasteiger partial charge in [0.05, 0.1) is 0 Å². The van der Waals surface area contributed by atoms with Gasteiger partial charge in [-0.15, -0.1) is 0 Å². The van der Waals surface area contributed by atoms with E-state index in [0.717, 1.165) is 17.7 Å². The van der Waals surface area contributed by atoms with Crippen LogP contribution in [0, 0.1) is 13.8 Å². The average molecular weight is 332 g/mol. The van der Waals surface area contributed by atoms with Crippen molar-refractivity contribution in [2.24, 2.45) is 0 Å². The second-order valence-corrected chi connectivity index (χ2v) is 7.15. The number of benzene rings is 1. The van der Waals surface area contributed by atoms with Crippen molar-refractivity contribution in [1.29, 1.82) is 0 Å². The summed E-state index contributed by atoms with van der Waals surface area (Å²) in [5.41, 5.74) is 3.33. The van der Waals surface area contributed by atoms with Crippen molar-refractivity contribution in [1.82, 2.24) is 0 Å². The highest BCUT2D eigenvalue weighted by Crippen LogP contribution is 2.17. The maximum Gasteiger partial charge on any atom is 0.224 e. The number of amides is 1. The molecule has 2 nitrogen and oxygen atoms in total. The van der Waals surface area contributed by atoms with Crippen molar-refractivity contribution < 1.29 is 4.79 Å². The number of hydrogen-bond donors (Lipinski definition) is 1. The van der Waals surface area contributed by atoms with Crippen LogP contribution in [0.15, 0.2) is 18.2 Å². The molecule has 0 unspecified atom stereocenters. The fourth-order valence-electron chi connectivity index (χ4n) is 3.12. The first-order valence-electron chi connectivity index (χ1n) is 10.0. The van der Waals surface area contributed by atoms with E-state index in [2.05, 4.69) is 25.2 Å². The van der Waals surface area contributed by atoms with E-state index in [9.17, 15) is 4.79 Å². The molecule has 2 heteroatoms. The Morgan fingerprint density at radius 3 is 1.92 bits per heavy atom. The normalized spacial score (nSPS) is 10.8. The highest BCUT2D eigenvalue weighted by atomic mass is 16.1. The van der Waals surface area contributed by atoms with Gasteiger partial charge in [0.1, 0.15) is 0 Å². The summed E-state index contributed by atoms with van der Waals surface area (Å²) in [6.07, 6.45) is 15.1. The third-order valence-electron chi connectivity index (χ3n) is 4.66. The molecule has 1 aromatic carbocycles. The zero-order valence-electron chi connectivity index (χ0n) is 16.1. The first kappa shape index (κ1) is 20.7. The van der Waals surface area contributed by atoms with Crippen LogP contribution in [-0.4, -0.2) is 5.91 Å². The van der Waals surface area contributed by atoms with Crippen molar-refractivity contribution in [3.8, 4) is 0 Å². The number of carbonyl (C=O) groups excluding carboxylic acids is 1. The molecule has 0 bridgehead atoms. The minimum atomic E-state index is 0.151. The summed E-state index contributed by atoms with van der Waals surface area (Å²) in [5, 5.41) is 3.03. The lowest BCUT2D eigenvalue weighted by Gasteiger charge is -2.09. The van der Waals surface area contributed by atoms with E-state index in [4.69, 9.17) is 0 Å². The van der Waals surface area contributed by atoms with Gasteiger partial charge in [-0.1, -0.05) is 88.8 Å². The van der Waals surface area contributed by atoms with Crippen LogP contribution in [0.2, 0.25) is 0 Å². The largest absolute Gasteiger partial charge is 0.326 e. The molecule has 0 fully saturated rings. The maximum atomic E-state index is 12.0. The molecule has 0 heterocycles. The van der Waals surface area contributed by atoms with Crippen LogP contribution in [-0.2, 0) is 4.79 Å². The Labute approximate surface area is 149 Å². The fraction of sp³-hybridized carbons (Fsp3) is 0.682. The van der Waals surface area contributed by atoms with Crippen molar-refractivity contribution in [3.63, 3.8) is 0 Å². The Hall–Kier alpha value is -1.31. The molecular formula is C22H37NO. The van der Waals surface area contributed by atoms with Crippen LogP contribution < -0.4 is 5.32 Å². The number of rotatable bonds is 13. The van der Waals surface area contributed by atoms with E-state index >= 15 is 0 Å². The number of carbonyl (C=O) groups is 1. The Bertz CT molecular complexity index is 467. The molecule has 1 rings (SSSR count). The molecule has 0 aliphatic heterocycles. The lowest BCUT2D eigenvalue weighted by atomic mass is 10.1. The summed E-state index contributed by atoms with van der Waals surface area (Å²) in [7, 11) is 0. The molecule has 24 heavy (non-hydrogen) atoms. The van der Waals surface area contributed by atoms with E-state index in [0.29, 0.717) is 6.42 Å². The third kappa shape index (κ3) is 9.75. The van der Waals surface area contributed by atoms with Crippen LogP contribution in [0.5, 0.6) is 0 Å². The van der Waals surface area contributed by atoms with Crippen LogP contribution >= 0.6 is 0 Å². The number of aryl methyl sites for hydroxylation is 2. The Morgan fingerprint density at radius 2 is 1.38 bits per heavy atom. The molecule has 1 N–H and O–H groups in total. The van der Waals surface area contributed by atoms with Gasteiger partial charge in [-0.05, 0) is 31.9 Å². The summed E-state index contributed by atoms with van der Waals surface area (Å²) in [4.78, 5) is 12.0. The Balaban J connectivity index is 1.98. The Morgan fingerprint density at radius 1 is 0.833 bits per heavy atom. The molecule has 0 radical (unpaired) electrons. The smallest absolute Gasteiger partial charge is 0.224 e. The molecule has 0 aliphatic carbocycles. The summed E-state index contributed by atoms with van der Waals surface area (Å²) in [6, 6.07) is 6.16. The number of anilines is 1. The van der Waals surface area contributed by atoms with Crippen LogP contribution in [0.3, 0.4) is 0 Å². The second kappa shape index (κ2) is 13.0. The van der Waals surface area contributed by atoms with E-state index in [1.165, 1.54) is 69.8 Å². The van der Waals surface area contributed by atoms with Gasteiger partial charge < -0.3 is 5.32 Å². The van der Waals surface area contributed by atoms with Crippen LogP contribution in [0.25, 0.3) is 0 Å². The van der Waals surface area contributed by atoms with Crippen molar-refractivity contribution in [2.75, 3.05) is 5.32 Å². The molecule has 1 amide bonds. The van der Waals surface area contributed by atoms with Crippen molar-refractivity contribution in [3.05, 3.63) is 29.3 Å². The van der Waals surface area contributed by atoms with Gasteiger partial charge in [0.25, 0.3) is 0 Å². The van der Waals surface area contributed by atoms with Crippen molar-refractivity contribution in [2.45, 2.75) is 97.8 Å². The van der Waals surface area contributed by atoms with Gasteiger partial charge in [-0.25, -0.2) is 0 Å². The molecule has 0 saturated heterocycles. The van der Waals surface area contributed by atoms with E-state index in [-0.39, 0.29) is 5.91 Å². The topological polar surface area (TPSA) is 29.1 Å². The standard InChI is InChI=1S/C22H37NO/c1-4-5-6-7-8-9-10-11-12-13-14-15-22(24)23-21-17-16-19(2)18-20(21)3/h16-18H,4-15H2,1-3H3,(H,23,24). The molecule has 0 aromatic heterocycles. The molecule has 1 aromatic rings. The predicted octanol–water partition coefficient (Wildman–Crippen LogP) is 6.94. The van der Waals surface area contributed by atoms with Gasteiger partial charge in [-0.3, -0.25) is 4.79 Å². The van der Waals surface area contributed by atoms with E-state index in [1.54, 1.807) is 0 Å². The van der Waals surface area contributed by atoms with E-state index < -0.39 is 0 Å². The highest BCUT2D eigenvalue weighted by Gasteiger charge is 2.04. The summed E-state index contributed by atoms with van der Waals surface area (Å²) in [5.74, 6) is 0.151. The molecule has 136 valence electrons.